The number of halogens is 2. The molecular weight excluding hydrogens is 675 g/mol. The van der Waals surface area contributed by atoms with Crippen LogP contribution in [0.2, 0.25) is 0 Å². The smallest absolute Gasteiger partial charge is 0.500 e. The van der Waals surface area contributed by atoms with Gasteiger partial charge in [0.1, 0.15) is 0 Å². The van der Waals surface area contributed by atoms with E-state index in [1.54, 1.807) is 48.8 Å². The summed E-state index contributed by atoms with van der Waals surface area (Å²) in [6.07, 6.45) is 3.22. The summed E-state index contributed by atoms with van der Waals surface area (Å²) >= 11 is 0. The summed E-state index contributed by atoms with van der Waals surface area (Å²) in [6, 6.07) is 38.6. The van der Waals surface area contributed by atoms with Gasteiger partial charge in [0.15, 0.2) is 0 Å². The molecule has 0 aliphatic carbocycles. The molecule has 0 amide bonds. The third-order valence-electron chi connectivity index (χ3n) is 6.99. The first kappa shape index (κ1) is 32.5. The van der Waals surface area contributed by atoms with Crippen LogP contribution in [0, 0.1) is 23.8 Å². The van der Waals surface area contributed by atoms with Crippen molar-refractivity contribution < 1.29 is 38.7 Å². The number of ether oxygens (including phenoxy) is 2. The maximum atomic E-state index is 15.3. The van der Waals surface area contributed by atoms with Crippen molar-refractivity contribution in [2.24, 2.45) is 0 Å². The first-order valence-corrected chi connectivity index (χ1v) is 14.4. The topological polar surface area (TPSA) is 47.5 Å². The summed E-state index contributed by atoms with van der Waals surface area (Å²) in [5, 5.41) is 0. The van der Waals surface area contributed by atoms with Crippen molar-refractivity contribution in [3.8, 4) is 34.4 Å². The maximum Gasteiger partial charge on any atom is 2.00 e. The number of pyridine rings is 2. The molecule has 0 saturated carbocycles. The van der Waals surface area contributed by atoms with Crippen molar-refractivity contribution in [1.29, 1.82) is 0 Å². The van der Waals surface area contributed by atoms with Crippen LogP contribution in [-0.2, 0) is 25.8 Å². The fourth-order valence-electron chi connectivity index (χ4n) is 4.75. The Morgan fingerprint density at radius 1 is 0.630 bits per heavy atom. The van der Waals surface area contributed by atoms with Crippen molar-refractivity contribution >= 4 is 17.1 Å². The molecule has 0 N–H and O–H groups in total. The number of para-hydroxylation sites is 2. The zero-order valence-corrected chi connectivity index (χ0v) is 26.8. The number of aromatic nitrogens is 2. The molecule has 0 atom stereocenters. The summed E-state index contributed by atoms with van der Waals surface area (Å²) in [6.45, 7) is 6.15. The van der Waals surface area contributed by atoms with Crippen molar-refractivity contribution in [2.45, 2.75) is 26.2 Å². The minimum Gasteiger partial charge on any atom is -0.500 e. The van der Waals surface area contributed by atoms with Gasteiger partial charge in [0.25, 0.3) is 0 Å². The molecule has 0 radical (unpaired) electrons. The summed E-state index contributed by atoms with van der Waals surface area (Å²) in [5.41, 5.74) is 3.46. The van der Waals surface area contributed by atoms with Gasteiger partial charge in [0.05, 0.1) is 11.6 Å². The van der Waals surface area contributed by atoms with Gasteiger partial charge in [0.2, 0.25) is 5.88 Å². The molecule has 0 bridgehead atoms. The van der Waals surface area contributed by atoms with Crippen molar-refractivity contribution in [2.75, 3.05) is 4.90 Å². The van der Waals surface area contributed by atoms with E-state index in [1.165, 1.54) is 0 Å². The van der Waals surface area contributed by atoms with Crippen LogP contribution in [0.5, 0.6) is 23.1 Å². The average Bonchev–Trinajstić information content (AvgIpc) is 3.04. The monoisotopic (exact) mass is 703 g/mol. The third kappa shape index (κ3) is 7.48. The minimum atomic E-state index is -0.919. The second kappa shape index (κ2) is 14.0. The molecule has 2 aromatic heterocycles. The van der Waals surface area contributed by atoms with E-state index >= 15 is 8.78 Å². The SMILES string of the molecule is CC(C)(C)c1ccnc(-c2[c-]c(Oc3[c-]c(Oc4ccccn4)cc(N(c4ccccc4)c4ccccc4)c3)c(F)cc2F)c1.[Pd+2]. The predicted octanol–water partition coefficient (Wildman–Crippen LogP) is 10.4. The number of benzene rings is 4. The zero-order chi connectivity index (χ0) is 31.4. The number of nitrogens with zero attached hydrogens (tertiary/aromatic N) is 3. The van der Waals surface area contributed by atoms with Gasteiger partial charge < -0.3 is 19.4 Å². The Labute approximate surface area is 281 Å². The summed E-state index contributed by atoms with van der Waals surface area (Å²) in [7, 11) is 0. The molecule has 0 saturated heterocycles. The van der Waals surface area contributed by atoms with E-state index in [2.05, 4.69) is 22.1 Å². The average molecular weight is 704 g/mol. The van der Waals surface area contributed by atoms with Gasteiger partial charge in [-0.05, 0) is 53.1 Å². The first-order valence-electron chi connectivity index (χ1n) is 14.4. The van der Waals surface area contributed by atoms with E-state index in [4.69, 9.17) is 9.47 Å². The molecule has 6 rings (SSSR count). The van der Waals surface area contributed by atoms with Crippen LogP contribution < -0.4 is 14.4 Å². The molecule has 8 heteroatoms. The van der Waals surface area contributed by atoms with E-state index in [0.29, 0.717) is 17.3 Å². The molecular formula is C38H29F2N3O2Pd. The number of anilines is 3. The van der Waals surface area contributed by atoms with Gasteiger partial charge in [0, 0.05) is 47.2 Å². The van der Waals surface area contributed by atoms with Crippen molar-refractivity contribution in [3.05, 3.63) is 151 Å². The molecule has 5 nitrogen and oxygen atoms in total. The van der Waals surface area contributed by atoms with E-state index in [-0.39, 0.29) is 48.6 Å². The van der Waals surface area contributed by atoms with Gasteiger partial charge in [-0.1, -0.05) is 98.8 Å². The molecule has 0 unspecified atom stereocenters. The van der Waals surface area contributed by atoms with Crippen LogP contribution in [0.25, 0.3) is 11.3 Å². The van der Waals surface area contributed by atoms with Gasteiger partial charge in [-0.2, -0.15) is 0 Å². The largest absolute Gasteiger partial charge is 2.00 e. The van der Waals surface area contributed by atoms with E-state index in [9.17, 15) is 0 Å². The Balaban J connectivity index is 0.00000417. The zero-order valence-electron chi connectivity index (χ0n) is 25.3. The molecule has 4 aromatic carbocycles. The van der Waals surface area contributed by atoms with Crippen LogP contribution in [0.4, 0.5) is 25.8 Å². The number of rotatable bonds is 8. The summed E-state index contributed by atoms with van der Waals surface area (Å²) in [5.74, 6) is -1.28. The van der Waals surface area contributed by atoms with Crippen LogP contribution in [-0.4, -0.2) is 9.97 Å². The van der Waals surface area contributed by atoms with Gasteiger partial charge in [-0.25, -0.2) is 4.98 Å². The van der Waals surface area contributed by atoms with E-state index in [1.807, 2.05) is 92.4 Å². The van der Waals surface area contributed by atoms with Crippen LogP contribution >= 0.6 is 0 Å². The normalized spacial score (nSPS) is 11.0. The second-order valence-electron chi connectivity index (χ2n) is 11.3. The summed E-state index contributed by atoms with van der Waals surface area (Å²) < 4.78 is 42.5. The Bertz CT molecular complexity index is 1880. The van der Waals surface area contributed by atoms with Crippen LogP contribution in [0.15, 0.2) is 122 Å². The van der Waals surface area contributed by atoms with E-state index in [0.717, 1.165) is 23.0 Å². The molecule has 0 aliphatic heterocycles. The van der Waals surface area contributed by atoms with E-state index < -0.39 is 11.6 Å². The first-order chi connectivity index (χ1) is 21.7. The van der Waals surface area contributed by atoms with Gasteiger partial charge >= 0.3 is 20.4 Å². The Morgan fingerprint density at radius 2 is 1.26 bits per heavy atom. The number of hydrogen-bond donors (Lipinski definition) is 0. The number of hydrogen-bond acceptors (Lipinski definition) is 5. The van der Waals surface area contributed by atoms with Gasteiger partial charge in [-0.3, -0.25) is 8.78 Å². The molecule has 0 spiro atoms. The van der Waals surface area contributed by atoms with Crippen LogP contribution in [0.1, 0.15) is 26.3 Å². The Kier molecular flexibility index (Phi) is 9.91. The summed E-state index contributed by atoms with van der Waals surface area (Å²) in [4.78, 5) is 10.6. The predicted molar refractivity (Wildman–Crippen MR) is 171 cm³/mol. The second-order valence-corrected chi connectivity index (χ2v) is 11.3. The molecule has 232 valence electrons. The Morgan fingerprint density at radius 3 is 1.87 bits per heavy atom. The van der Waals surface area contributed by atoms with Crippen molar-refractivity contribution in [1.82, 2.24) is 9.97 Å². The van der Waals surface area contributed by atoms with Crippen LogP contribution in [0.3, 0.4) is 0 Å². The third-order valence-corrected chi connectivity index (χ3v) is 6.99. The molecule has 0 fully saturated rings. The Hall–Kier alpha value is -4.90. The minimum absolute atomic E-state index is 0. The quantitative estimate of drug-likeness (QED) is 0.117. The van der Waals surface area contributed by atoms with Crippen molar-refractivity contribution in [3.63, 3.8) is 0 Å². The fourth-order valence-corrected chi connectivity index (χ4v) is 4.75. The van der Waals surface area contributed by atoms with Gasteiger partial charge in [-0.15, -0.1) is 12.1 Å². The standard InChI is InChI=1S/C38H29F2N3O2.Pd/c1-38(2,3)26-17-19-41-35(20-26)32-24-36(34(40)25-33(32)39)44-30-21-29(22-31(23-30)45-37-16-10-11-18-42-37)43(27-12-6-4-7-13-27)28-14-8-5-9-15-28;/h4-22,25H,1-3H3;/q-2;+2. The fraction of sp³-hybridized carbons (Fsp3) is 0.105. The molecule has 2 heterocycles. The molecule has 6 aromatic rings. The molecule has 46 heavy (non-hydrogen) atoms. The molecule has 0 aliphatic rings. The maximum absolute atomic E-state index is 15.3.